The van der Waals surface area contributed by atoms with E-state index < -0.39 is 24.8 Å². The quantitative estimate of drug-likeness (QED) is 0.509. The van der Waals surface area contributed by atoms with Crippen LogP contribution in [0.2, 0.25) is 0 Å². The van der Waals surface area contributed by atoms with Gasteiger partial charge in [0.1, 0.15) is 17.5 Å². The Morgan fingerprint density at radius 2 is 1.97 bits per heavy atom. The van der Waals surface area contributed by atoms with Gasteiger partial charge >= 0.3 is 6.36 Å². The van der Waals surface area contributed by atoms with E-state index in [0.29, 0.717) is 23.5 Å². The van der Waals surface area contributed by atoms with Crippen LogP contribution in [0.15, 0.2) is 48.7 Å². The fourth-order valence-electron chi connectivity index (χ4n) is 4.10. The molecule has 192 valence electrons. The maximum atomic E-state index is 13.5. The number of benzene rings is 2. The molecule has 1 N–H and O–H groups in total. The van der Waals surface area contributed by atoms with Gasteiger partial charge in [0.25, 0.3) is 11.8 Å². The van der Waals surface area contributed by atoms with E-state index in [9.17, 15) is 28.0 Å². The molecule has 9 nitrogen and oxygen atoms in total. The second-order valence-corrected chi connectivity index (χ2v) is 8.30. The van der Waals surface area contributed by atoms with Crippen molar-refractivity contribution in [3.8, 4) is 11.8 Å². The average molecular weight is 513 g/mol. The van der Waals surface area contributed by atoms with Gasteiger partial charge in [-0.1, -0.05) is 12.1 Å². The number of alkyl halides is 3. The number of nitrogens with one attached hydrogen (secondary N) is 1. The molecule has 0 saturated carbocycles. The molecule has 2 amide bonds. The summed E-state index contributed by atoms with van der Waals surface area (Å²) in [6, 6.07) is 12.7. The van der Waals surface area contributed by atoms with Crippen LogP contribution in [-0.2, 0) is 17.7 Å². The van der Waals surface area contributed by atoms with Gasteiger partial charge in [-0.05, 0) is 49.2 Å². The molecule has 0 spiro atoms. The maximum Gasteiger partial charge on any atom is 0.522 e. The van der Waals surface area contributed by atoms with E-state index in [4.69, 9.17) is 4.74 Å². The highest BCUT2D eigenvalue weighted by Gasteiger charge is 2.35. The standard InChI is InChI=1S/C25H22F3N5O4/c1-15-14-32-22(20(13-30-32)31-23(34)17-5-8-21(36-2)18(11-17)12-29)24(35)33(15)19-6-3-16(4-7-19)9-10-37-25(26,27)28/h3-8,11,13,15H,9-10,14H2,1-2H3,(H,31,34). The van der Waals surface area contributed by atoms with Crippen LogP contribution in [0.1, 0.15) is 38.9 Å². The van der Waals surface area contributed by atoms with E-state index in [-0.39, 0.29) is 35.0 Å². The number of nitrogens with zero attached hydrogens (tertiary/aromatic N) is 4. The summed E-state index contributed by atoms with van der Waals surface area (Å²) >= 11 is 0. The third kappa shape index (κ3) is 5.57. The van der Waals surface area contributed by atoms with Gasteiger partial charge in [0, 0.05) is 11.3 Å². The summed E-state index contributed by atoms with van der Waals surface area (Å²) in [5.41, 5.74) is 1.97. The van der Waals surface area contributed by atoms with E-state index in [0.717, 1.165) is 0 Å². The van der Waals surface area contributed by atoms with Gasteiger partial charge in [0.15, 0.2) is 0 Å². The summed E-state index contributed by atoms with van der Waals surface area (Å²) in [6.45, 7) is 1.69. The van der Waals surface area contributed by atoms with Gasteiger partial charge in [-0.2, -0.15) is 10.4 Å². The molecule has 1 unspecified atom stereocenters. The van der Waals surface area contributed by atoms with Gasteiger partial charge in [-0.3, -0.25) is 19.0 Å². The van der Waals surface area contributed by atoms with Crippen molar-refractivity contribution in [1.82, 2.24) is 9.78 Å². The largest absolute Gasteiger partial charge is 0.522 e. The number of anilines is 2. The molecular formula is C25H22F3N5O4. The Bertz CT molecular complexity index is 1360. The average Bonchev–Trinajstić information content (AvgIpc) is 3.26. The smallest absolute Gasteiger partial charge is 0.495 e. The van der Waals surface area contributed by atoms with Crippen molar-refractivity contribution in [2.75, 3.05) is 23.9 Å². The Morgan fingerprint density at radius 1 is 1.24 bits per heavy atom. The zero-order chi connectivity index (χ0) is 26.7. The molecule has 1 aromatic heterocycles. The van der Waals surface area contributed by atoms with Gasteiger partial charge in [0.05, 0.1) is 43.8 Å². The van der Waals surface area contributed by atoms with Crippen molar-refractivity contribution in [1.29, 1.82) is 5.26 Å². The number of rotatable bonds is 7. The van der Waals surface area contributed by atoms with Gasteiger partial charge < -0.3 is 15.0 Å². The number of hydrogen-bond acceptors (Lipinski definition) is 6. The number of methoxy groups -OCH3 is 1. The first-order valence-corrected chi connectivity index (χ1v) is 11.2. The number of halogens is 3. The van der Waals surface area contributed by atoms with Crippen molar-refractivity contribution in [2.24, 2.45) is 0 Å². The molecule has 1 aliphatic heterocycles. The molecule has 0 bridgehead atoms. The lowest BCUT2D eigenvalue weighted by molar-refractivity contribution is -0.324. The number of carbonyl (C=O) groups excluding carboxylic acids is 2. The number of carbonyl (C=O) groups is 2. The molecule has 2 aromatic carbocycles. The number of amides is 2. The Morgan fingerprint density at radius 3 is 2.62 bits per heavy atom. The van der Waals surface area contributed by atoms with Crippen molar-refractivity contribution >= 4 is 23.2 Å². The Labute approximate surface area is 210 Å². The molecule has 4 rings (SSSR count). The first kappa shape index (κ1) is 25.7. The second-order valence-electron chi connectivity index (χ2n) is 8.30. The topological polar surface area (TPSA) is 109 Å². The molecular weight excluding hydrogens is 491 g/mol. The Kier molecular flexibility index (Phi) is 7.17. The third-order valence-corrected chi connectivity index (χ3v) is 5.84. The minimum atomic E-state index is -4.68. The molecule has 12 heteroatoms. The van der Waals surface area contributed by atoms with Crippen molar-refractivity contribution in [2.45, 2.75) is 32.3 Å². The van der Waals surface area contributed by atoms with Crippen LogP contribution in [0.4, 0.5) is 24.5 Å². The van der Waals surface area contributed by atoms with E-state index in [2.05, 4.69) is 15.2 Å². The Balaban J connectivity index is 1.52. The molecule has 0 fully saturated rings. The van der Waals surface area contributed by atoms with Crippen LogP contribution in [0, 0.1) is 11.3 Å². The fraction of sp³-hybridized carbons (Fsp3) is 0.280. The van der Waals surface area contributed by atoms with Gasteiger partial charge in [-0.15, -0.1) is 13.2 Å². The van der Waals surface area contributed by atoms with Crippen LogP contribution in [0.25, 0.3) is 0 Å². The second kappa shape index (κ2) is 10.3. The van der Waals surface area contributed by atoms with Crippen LogP contribution in [0.5, 0.6) is 5.75 Å². The van der Waals surface area contributed by atoms with Gasteiger partial charge in [0.2, 0.25) is 0 Å². The van der Waals surface area contributed by atoms with E-state index >= 15 is 0 Å². The fourth-order valence-corrected chi connectivity index (χ4v) is 4.10. The minimum Gasteiger partial charge on any atom is -0.495 e. The van der Waals surface area contributed by atoms with Crippen LogP contribution in [0.3, 0.4) is 0 Å². The monoisotopic (exact) mass is 513 g/mol. The highest BCUT2D eigenvalue weighted by atomic mass is 19.4. The summed E-state index contributed by atoms with van der Waals surface area (Å²) < 4.78 is 47.0. The Hall–Kier alpha value is -4.37. The number of hydrogen-bond donors (Lipinski definition) is 1. The zero-order valence-electron chi connectivity index (χ0n) is 19.9. The lowest BCUT2D eigenvalue weighted by Gasteiger charge is -2.34. The number of ether oxygens (including phenoxy) is 2. The molecule has 37 heavy (non-hydrogen) atoms. The predicted molar refractivity (Wildman–Crippen MR) is 126 cm³/mol. The lowest BCUT2D eigenvalue weighted by atomic mass is 10.1. The minimum absolute atomic E-state index is 0.0606. The van der Waals surface area contributed by atoms with E-state index in [1.165, 1.54) is 36.2 Å². The molecule has 0 aliphatic carbocycles. The molecule has 0 radical (unpaired) electrons. The molecule has 1 aliphatic rings. The first-order chi connectivity index (χ1) is 17.6. The van der Waals surface area contributed by atoms with Gasteiger partial charge in [-0.25, -0.2) is 0 Å². The normalized spacial score (nSPS) is 15.2. The van der Waals surface area contributed by atoms with Crippen molar-refractivity contribution in [3.63, 3.8) is 0 Å². The molecule has 3 aromatic rings. The summed E-state index contributed by atoms with van der Waals surface area (Å²) in [7, 11) is 1.42. The summed E-state index contributed by atoms with van der Waals surface area (Å²) in [5, 5.41) is 16.2. The predicted octanol–water partition coefficient (Wildman–Crippen LogP) is 4.14. The summed E-state index contributed by atoms with van der Waals surface area (Å²) in [6.07, 6.45) is -3.23. The molecule has 0 saturated heterocycles. The maximum absolute atomic E-state index is 13.5. The van der Waals surface area contributed by atoms with Crippen LogP contribution >= 0.6 is 0 Å². The van der Waals surface area contributed by atoms with Crippen molar-refractivity contribution < 1.29 is 32.2 Å². The zero-order valence-corrected chi connectivity index (χ0v) is 19.9. The lowest BCUT2D eigenvalue weighted by Crippen LogP contribution is -2.47. The first-order valence-electron chi connectivity index (χ1n) is 11.2. The summed E-state index contributed by atoms with van der Waals surface area (Å²) in [5.74, 6) is -0.592. The van der Waals surface area contributed by atoms with E-state index in [1.54, 1.807) is 29.2 Å². The number of fused-ring (bicyclic) bond motifs is 1. The number of aromatic nitrogens is 2. The number of nitriles is 1. The molecule has 2 heterocycles. The van der Waals surface area contributed by atoms with Crippen LogP contribution in [-0.4, -0.2) is 47.7 Å². The third-order valence-electron chi connectivity index (χ3n) is 5.84. The summed E-state index contributed by atoms with van der Waals surface area (Å²) in [4.78, 5) is 27.9. The van der Waals surface area contributed by atoms with Crippen LogP contribution < -0.4 is 15.0 Å². The van der Waals surface area contributed by atoms with Crippen molar-refractivity contribution in [3.05, 3.63) is 71.0 Å². The molecule has 1 atom stereocenters. The van der Waals surface area contributed by atoms with E-state index in [1.807, 2.05) is 13.0 Å². The highest BCUT2D eigenvalue weighted by Crippen LogP contribution is 2.30. The SMILES string of the molecule is COc1ccc(C(=O)Nc2cnn3c2C(=O)N(c2ccc(CCOC(F)(F)F)cc2)C(C)C3)cc1C#N. The highest BCUT2D eigenvalue weighted by molar-refractivity contribution is 6.13.